The Kier molecular flexibility index (Phi) is 4.78. The molecule has 0 bridgehead atoms. The van der Waals surface area contributed by atoms with Gasteiger partial charge in [-0.1, -0.05) is 18.2 Å². The van der Waals surface area contributed by atoms with Gasteiger partial charge in [-0.3, -0.25) is 0 Å². The van der Waals surface area contributed by atoms with Crippen LogP contribution in [0, 0.1) is 5.92 Å². The normalized spacial score (nSPS) is 28.9. The van der Waals surface area contributed by atoms with E-state index in [-0.39, 0.29) is 12.0 Å². The predicted octanol–water partition coefficient (Wildman–Crippen LogP) is 3.03. The molecule has 1 aromatic heterocycles. The van der Waals surface area contributed by atoms with E-state index in [4.69, 9.17) is 9.47 Å². The maximum absolute atomic E-state index is 10.8. The summed E-state index contributed by atoms with van der Waals surface area (Å²) in [5.41, 5.74) is -0.719. The van der Waals surface area contributed by atoms with Crippen LogP contribution in [0.15, 0.2) is 42.6 Å². The Morgan fingerprint density at radius 1 is 1.27 bits per heavy atom. The van der Waals surface area contributed by atoms with Gasteiger partial charge in [-0.25, -0.2) is 4.98 Å². The molecule has 0 spiro atoms. The van der Waals surface area contributed by atoms with Crippen LogP contribution in [0.5, 0.6) is 11.6 Å². The number of ether oxygens (including phenoxy) is 2. The number of hydrogen-bond donors (Lipinski definition) is 1. The van der Waals surface area contributed by atoms with E-state index in [2.05, 4.69) is 14.9 Å². The molecular formula is C20H25N3O3. The Bertz CT molecular complexity index is 738. The SMILES string of the molecule is C[C@]1(O)CCOC[C@@H]1[C@H]1CCCN1c1nccc(Oc2ccccc2)n1. The van der Waals surface area contributed by atoms with Crippen molar-refractivity contribution >= 4 is 5.95 Å². The van der Waals surface area contributed by atoms with Crippen LogP contribution >= 0.6 is 0 Å². The molecule has 0 radical (unpaired) electrons. The molecule has 6 nitrogen and oxygen atoms in total. The van der Waals surface area contributed by atoms with E-state index in [1.807, 2.05) is 37.3 Å². The van der Waals surface area contributed by atoms with Crippen LogP contribution in [0.2, 0.25) is 0 Å². The Balaban J connectivity index is 1.55. The van der Waals surface area contributed by atoms with Gasteiger partial charge in [0.2, 0.25) is 11.8 Å². The highest BCUT2D eigenvalue weighted by Crippen LogP contribution is 2.37. The van der Waals surface area contributed by atoms with Gasteiger partial charge in [-0.05, 0) is 38.3 Å². The van der Waals surface area contributed by atoms with E-state index in [0.29, 0.717) is 31.5 Å². The molecule has 0 saturated carbocycles. The molecular weight excluding hydrogens is 330 g/mol. The smallest absolute Gasteiger partial charge is 0.228 e. The van der Waals surface area contributed by atoms with Crippen LogP contribution in [-0.4, -0.2) is 46.5 Å². The van der Waals surface area contributed by atoms with Gasteiger partial charge in [0.1, 0.15) is 5.75 Å². The van der Waals surface area contributed by atoms with Crippen molar-refractivity contribution < 1.29 is 14.6 Å². The summed E-state index contributed by atoms with van der Waals surface area (Å²) in [4.78, 5) is 11.3. The topological polar surface area (TPSA) is 67.7 Å². The van der Waals surface area contributed by atoms with Gasteiger partial charge >= 0.3 is 0 Å². The molecule has 0 aliphatic carbocycles. The zero-order chi connectivity index (χ0) is 18.0. The van der Waals surface area contributed by atoms with E-state index < -0.39 is 5.60 Å². The van der Waals surface area contributed by atoms with E-state index >= 15 is 0 Å². The molecule has 2 aliphatic rings. The highest BCUT2D eigenvalue weighted by molar-refractivity contribution is 5.37. The lowest BCUT2D eigenvalue weighted by Crippen LogP contribution is -2.52. The lowest BCUT2D eigenvalue weighted by Gasteiger charge is -2.43. The fraction of sp³-hybridized carbons (Fsp3) is 0.500. The van der Waals surface area contributed by atoms with E-state index in [9.17, 15) is 5.11 Å². The van der Waals surface area contributed by atoms with Gasteiger partial charge < -0.3 is 19.5 Å². The second-order valence-corrected chi connectivity index (χ2v) is 7.30. The minimum Gasteiger partial charge on any atom is -0.439 e. The average molecular weight is 355 g/mol. The van der Waals surface area contributed by atoms with Crippen molar-refractivity contribution in [1.29, 1.82) is 0 Å². The first kappa shape index (κ1) is 17.2. The Morgan fingerprint density at radius 2 is 2.12 bits per heavy atom. The van der Waals surface area contributed by atoms with Gasteiger partial charge in [0.15, 0.2) is 0 Å². The van der Waals surface area contributed by atoms with Gasteiger partial charge in [0.05, 0.1) is 12.2 Å². The fourth-order valence-corrected chi connectivity index (χ4v) is 3.98. The number of nitrogens with zero attached hydrogens (tertiary/aromatic N) is 3. The van der Waals surface area contributed by atoms with Crippen molar-refractivity contribution in [2.24, 2.45) is 5.92 Å². The standard InChI is InChI=1S/C20H25N3O3/c1-20(24)10-13-25-14-16(20)17-8-5-12-23(17)19-21-11-9-18(22-19)26-15-6-3-2-4-7-15/h2-4,6-7,9,11,16-17,24H,5,8,10,12-14H2,1H3/t16-,17-,20+/m1/s1. The zero-order valence-corrected chi connectivity index (χ0v) is 15.0. The lowest BCUT2D eigenvalue weighted by atomic mass is 9.79. The molecule has 4 rings (SSSR count). The van der Waals surface area contributed by atoms with Crippen LogP contribution in [-0.2, 0) is 4.74 Å². The molecule has 1 aromatic carbocycles. The number of rotatable bonds is 4. The second-order valence-electron chi connectivity index (χ2n) is 7.30. The first-order valence-electron chi connectivity index (χ1n) is 9.26. The van der Waals surface area contributed by atoms with Crippen molar-refractivity contribution in [2.45, 2.75) is 37.8 Å². The van der Waals surface area contributed by atoms with E-state index in [1.54, 1.807) is 12.3 Å². The molecule has 138 valence electrons. The van der Waals surface area contributed by atoms with Gasteiger partial charge in [0.25, 0.3) is 0 Å². The van der Waals surface area contributed by atoms with Crippen molar-refractivity contribution in [3.05, 3.63) is 42.6 Å². The zero-order valence-electron chi connectivity index (χ0n) is 15.0. The highest BCUT2D eigenvalue weighted by atomic mass is 16.5. The van der Waals surface area contributed by atoms with E-state index in [1.165, 1.54) is 0 Å². The molecule has 0 amide bonds. The molecule has 26 heavy (non-hydrogen) atoms. The van der Waals surface area contributed by atoms with Crippen LogP contribution in [0.25, 0.3) is 0 Å². The van der Waals surface area contributed by atoms with Crippen LogP contribution in [0.3, 0.4) is 0 Å². The summed E-state index contributed by atoms with van der Waals surface area (Å²) in [5, 5.41) is 10.8. The van der Waals surface area contributed by atoms with Crippen LogP contribution in [0.1, 0.15) is 26.2 Å². The number of aliphatic hydroxyl groups is 1. The summed E-state index contributed by atoms with van der Waals surface area (Å²) >= 11 is 0. The summed E-state index contributed by atoms with van der Waals surface area (Å²) in [6.07, 6.45) is 4.47. The van der Waals surface area contributed by atoms with Crippen molar-refractivity contribution in [1.82, 2.24) is 9.97 Å². The molecule has 3 heterocycles. The summed E-state index contributed by atoms with van der Waals surface area (Å²) in [6.45, 7) is 4.00. The third kappa shape index (κ3) is 3.52. The van der Waals surface area contributed by atoms with Gasteiger partial charge in [-0.15, -0.1) is 0 Å². The molecule has 2 aromatic rings. The fourth-order valence-electron chi connectivity index (χ4n) is 3.98. The maximum atomic E-state index is 10.8. The number of para-hydroxylation sites is 1. The predicted molar refractivity (Wildman–Crippen MR) is 98.5 cm³/mol. The summed E-state index contributed by atoms with van der Waals surface area (Å²) in [7, 11) is 0. The maximum Gasteiger partial charge on any atom is 0.228 e. The first-order valence-corrected chi connectivity index (χ1v) is 9.26. The first-order chi connectivity index (χ1) is 12.6. The summed E-state index contributed by atoms with van der Waals surface area (Å²) in [5.74, 6) is 1.99. The van der Waals surface area contributed by atoms with Crippen molar-refractivity contribution in [3.8, 4) is 11.6 Å². The lowest BCUT2D eigenvalue weighted by molar-refractivity contribution is -0.108. The largest absolute Gasteiger partial charge is 0.439 e. The number of benzene rings is 1. The summed E-state index contributed by atoms with van der Waals surface area (Å²) < 4.78 is 11.5. The molecule has 3 atom stereocenters. The number of aromatic nitrogens is 2. The number of anilines is 1. The molecule has 6 heteroatoms. The van der Waals surface area contributed by atoms with E-state index in [0.717, 1.165) is 25.1 Å². The molecule has 0 unspecified atom stereocenters. The second kappa shape index (κ2) is 7.21. The molecule has 2 saturated heterocycles. The Morgan fingerprint density at radius 3 is 2.92 bits per heavy atom. The minimum absolute atomic E-state index is 0.0565. The Labute approximate surface area is 153 Å². The quantitative estimate of drug-likeness (QED) is 0.909. The van der Waals surface area contributed by atoms with Crippen molar-refractivity contribution in [2.75, 3.05) is 24.7 Å². The molecule has 2 aliphatic heterocycles. The van der Waals surface area contributed by atoms with Gasteiger partial charge in [-0.2, -0.15) is 4.98 Å². The minimum atomic E-state index is -0.719. The number of hydrogen-bond acceptors (Lipinski definition) is 6. The van der Waals surface area contributed by atoms with Crippen molar-refractivity contribution in [3.63, 3.8) is 0 Å². The molecule has 1 N–H and O–H groups in total. The summed E-state index contributed by atoms with van der Waals surface area (Å²) in [6, 6.07) is 11.6. The Hall–Kier alpha value is -2.18. The third-order valence-corrected chi connectivity index (χ3v) is 5.45. The third-order valence-electron chi connectivity index (χ3n) is 5.45. The van der Waals surface area contributed by atoms with Crippen LogP contribution in [0.4, 0.5) is 5.95 Å². The van der Waals surface area contributed by atoms with Crippen LogP contribution < -0.4 is 9.64 Å². The van der Waals surface area contributed by atoms with Gasteiger partial charge in [0, 0.05) is 37.4 Å². The molecule has 2 fully saturated rings. The average Bonchev–Trinajstić information content (AvgIpc) is 3.12. The monoisotopic (exact) mass is 355 g/mol. The highest BCUT2D eigenvalue weighted by Gasteiger charge is 2.44.